The Kier molecular flexibility index (Phi) is 6.37. The molecule has 0 heterocycles. The van der Waals surface area contributed by atoms with Crippen LogP contribution in [0.2, 0.25) is 0 Å². The predicted molar refractivity (Wildman–Crippen MR) is 76.6 cm³/mol. The zero-order chi connectivity index (χ0) is 15.1. The average molecular weight is 316 g/mol. The molecule has 1 aromatic rings. The molecule has 0 aliphatic rings. The standard InChI is InChI=1S/C12H17N2O4PS/c1-3-17-19(15,18-4-2)11-20(16,14-10-13)12-8-6-5-7-9-12/h5-9H,3-4,11H2,1-2H3. The van der Waals surface area contributed by atoms with Gasteiger partial charge in [0.15, 0.2) is 0 Å². The molecule has 1 unspecified atom stereocenters. The van der Waals surface area contributed by atoms with E-state index < -0.39 is 22.8 Å². The Bertz CT molecular complexity index is 623. The summed E-state index contributed by atoms with van der Waals surface area (Å²) in [6.07, 6.45) is 1.53. The van der Waals surface area contributed by atoms with Crippen LogP contribution in [0.3, 0.4) is 0 Å². The molecule has 1 rings (SSSR count). The van der Waals surface area contributed by atoms with E-state index in [0.717, 1.165) is 0 Å². The average Bonchev–Trinajstić information content (AvgIpc) is 2.40. The Balaban J connectivity index is 3.24. The molecule has 0 aliphatic heterocycles. The van der Waals surface area contributed by atoms with Crippen molar-refractivity contribution in [2.24, 2.45) is 4.36 Å². The maximum absolute atomic E-state index is 12.8. The lowest BCUT2D eigenvalue weighted by atomic mass is 10.4. The Morgan fingerprint density at radius 1 is 1.25 bits per heavy atom. The SMILES string of the molecule is CCOP(=O)(CS(=O)(=NC#N)c1ccccc1)OCC. The summed E-state index contributed by atoms with van der Waals surface area (Å²) < 4.78 is 39.0. The van der Waals surface area contributed by atoms with Crippen molar-refractivity contribution >= 4 is 17.3 Å². The van der Waals surface area contributed by atoms with Crippen LogP contribution >= 0.6 is 7.60 Å². The Morgan fingerprint density at radius 2 is 1.80 bits per heavy atom. The number of nitriles is 1. The molecule has 6 nitrogen and oxygen atoms in total. The van der Waals surface area contributed by atoms with Crippen molar-refractivity contribution in [3.63, 3.8) is 0 Å². The van der Waals surface area contributed by atoms with Gasteiger partial charge >= 0.3 is 7.60 Å². The fraction of sp³-hybridized carbons (Fsp3) is 0.417. The van der Waals surface area contributed by atoms with Crippen LogP contribution in [0.5, 0.6) is 0 Å². The normalized spacial score (nSPS) is 14.2. The van der Waals surface area contributed by atoms with Gasteiger partial charge in [0.05, 0.1) is 13.2 Å². The van der Waals surface area contributed by atoms with Gasteiger partial charge in [-0.1, -0.05) is 18.2 Å². The molecule has 0 fully saturated rings. The highest BCUT2D eigenvalue weighted by atomic mass is 32.2. The molecule has 20 heavy (non-hydrogen) atoms. The Morgan fingerprint density at radius 3 is 2.25 bits per heavy atom. The van der Waals surface area contributed by atoms with E-state index in [0.29, 0.717) is 4.90 Å². The van der Waals surface area contributed by atoms with Gasteiger partial charge in [-0.2, -0.15) is 5.26 Å². The van der Waals surface area contributed by atoms with Gasteiger partial charge in [0, 0.05) is 4.90 Å². The molecule has 0 amide bonds. The monoisotopic (exact) mass is 316 g/mol. The van der Waals surface area contributed by atoms with Gasteiger partial charge < -0.3 is 9.05 Å². The van der Waals surface area contributed by atoms with E-state index in [-0.39, 0.29) is 13.2 Å². The Labute approximate surface area is 119 Å². The molecule has 0 spiro atoms. The summed E-state index contributed by atoms with van der Waals surface area (Å²) in [7, 11) is -6.73. The van der Waals surface area contributed by atoms with E-state index in [1.54, 1.807) is 44.2 Å². The molecule has 1 atom stereocenters. The van der Waals surface area contributed by atoms with Crippen molar-refractivity contribution in [3.05, 3.63) is 30.3 Å². The summed E-state index contributed by atoms with van der Waals surface area (Å²) in [5.41, 5.74) is -0.431. The quantitative estimate of drug-likeness (QED) is 0.569. The highest BCUT2D eigenvalue weighted by Crippen LogP contribution is 2.50. The van der Waals surface area contributed by atoms with Crippen LogP contribution in [-0.4, -0.2) is 22.9 Å². The van der Waals surface area contributed by atoms with Crippen molar-refractivity contribution in [1.82, 2.24) is 0 Å². The van der Waals surface area contributed by atoms with Crippen LogP contribution in [0.4, 0.5) is 0 Å². The zero-order valence-electron chi connectivity index (χ0n) is 11.4. The van der Waals surface area contributed by atoms with Crippen LogP contribution in [0.1, 0.15) is 13.8 Å². The van der Waals surface area contributed by atoms with E-state index in [2.05, 4.69) is 4.36 Å². The summed E-state index contributed by atoms with van der Waals surface area (Å²) in [5.74, 6) is 0. The van der Waals surface area contributed by atoms with Gasteiger partial charge in [-0.15, -0.1) is 4.36 Å². The molecule has 0 saturated carbocycles. The maximum atomic E-state index is 12.8. The van der Waals surface area contributed by atoms with Crippen LogP contribution < -0.4 is 0 Å². The second-order valence-corrected chi connectivity index (χ2v) is 8.43. The molecule has 0 N–H and O–H groups in total. The van der Waals surface area contributed by atoms with E-state index in [1.165, 1.54) is 6.19 Å². The minimum Gasteiger partial charge on any atom is -0.308 e. The number of hydrogen-bond donors (Lipinski definition) is 0. The fourth-order valence-electron chi connectivity index (χ4n) is 1.57. The third kappa shape index (κ3) is 4.43. The summed E-state index contributed by atoms with van der Waals surface area (Å²) in [4.78, 5) is 0.334. The number of benzene rings is 1. The topological polar surface area (TPSA) is 88.8 Å². The first-order chi connectivity index (χ1) is 9.49. The van der Waals surface area contributed by atoms with Gasteiger partial charge in [-0.25, -0.2) is 4.21 Å². The Hall–Kier alpha value is -1.19. The first kappa shape index (κ1) is 16.9. The highest BCUT2D eigenvalue weighted by molar-refractivity contribution is 7.99. The van der Waals surface area contributed by atoms with Gasteiger partial charge in [0.2, 0.25) is 6.19 Å². The molecule has 1 aromatic carbocycles. The molecular formula is C12H17N2O4PS. The number of hydrogen-bond acceptors (Lipinski definition) is 6. The van der Waals surface area contributed by atoms with E-state index in [1.807, 2.05) is 0 Å². The summed E-state index contributed by atoms with van der Waals surface area (Å²) in [6, 6.07) is 8.25. The van der Waals surface area contributed by atoms with Gasteiger partial charge in [-0.05, 0) is 26.0 Å². The van der Waals surface area contributed by atoms with Crippen LogP contribution in [0.25, 0.3) is 0 Å². The van der Waals surface area contributed by atoms with Crippen molar-refractivity contribution in [2.45, 2.75) is 18.7 Å². The lowest BCUT2D eigenvalue weighted by Gasteiger charge is -2.18. The first-order valence-electron chi connectivity index (χ1n) is 6.06. The smallest absolute Gasteiger partial charge is 0.308 e. The predicted octanol–water partition coefficient (Wildman–Crippen LogP) is 3.22. The van der Waals surface area contributed by atoms with Gasteiger partial charge in [0.25, 0.3) is 0 Å². The summed E-state index contributed by atoms with van der Waals surface area (Å²) in [5, 5.41) is 8.75. The van der Waals surface area contributed by atoms with Crippen LogP contribution in [0.15, 0.2) is 39.6 Å². The van der Waals surface area contributed by atoms with E-state index in [9.17, 15) is 8.77 Å². The minimum atomic E-state index is -3.56. The molecule has 0 radical (unpaired) electrons. The molecule has 0 aliphatic carbocycles. The summed E-state index contributed by atoms with van der Waals surface area (Å²) >= 11 is 0. The first-order valence-corrected chi connectivity index (χ1v) is 9.47. The lowest BCUT2D eigenvalue weighted by Crippen LogP contribution is -2.11. The second kappa shape index (κ2) is 7.55. The number of nitrogens with zero attached hydrogens (tertiary/aromatic N) is 2. The van der Waals surface area contributed by atoms with Crippen molar-refractivity contribution in [1.29, 1.82) is 5.26 Å². The van der Waals surface area contributed by atoms with Crippen molar-refractivity contribution in [2.75, 3.05) is 18.7 Å². The van der Waals surface area contributed by atoms with E-state index in [4.69, 9.17) is 14.3 Å². The fourth-order valence-corrected chi connectivity index (χ4v) is 6.39. The second-order valence-electron chi connectivity index (χ2n) is 3.72. The third-order valence-corrected chi connectivity index (χ3v) is 7.64. The van der Waals surface area contributed by atoms with E-state index >= 15 is 0 Å². The van der Waals surface area contributed by atoms with Crippen LogP contribution in [-0.2, 0) is 23.3 Å². The number of rotatable bonds is 7. The largest absolute Gasteiger partial charge is 0.344 e. The third-order valence-electron chi connectivity index (χ3n) is 2.28. The van der Waals surface area contributed by atoms with Crippen LogP contribution in [0, 0.1) is 11.5 Å². The zero-order valence-corrected chi connectivity index (χ0v) is 13.1. The van der Waals surface area contributed by atoms with Crippen molar-refractivity contribution < 1.29 is 17.8 Å². The maximum Gasteiger partial charge on any atom is 0.344 e. The molecule has 0 bridgehead atoms. The molecular weight excluding hydrogens is 299 g/mol. The summed E-state index contributed by atoms with van der Waals surface area (Å²) in [6.45, 7) is 3.65. The molecule has 0 saturated heterocycles. The molecule has 0 aromatic heterocycles. The lowest BCUT2D eigenvalue weighted by molar-refractivity contribution is 0.224. The van der Waals surface area contributed by atoms with Gasteiger partial charge in [-0.3, -0.25) is 4.57 Å². The molecule has 110 valence electrons. The highest BCUT2D eigenvalue weighted by Gasteiger charge is 2.31. The minimum absolute atomic E-state index is 0.161. The molecule has 8 heteroatoms. The van der Waals surface area contributed by atoms with Crippen molar-refractivity contribution in [3.8, 4) is 6.19 Å². The van der Waals surface area contributed by atoms with Gasteiger partial charge in [0.1, 0.15) is 15.2 Å².